The van der Waals surface area contributed by atoms with Gasteiger partial charge in [-0.2, -0.15) is 0 Å². The third-order valence-electron chi connectivity index (χ3n) is 5.99. The van der Waals surface area contributed by atoms with Crippen LogP contribution in [-0.4, -0.2) is 32.2 Å². The van der Waals surface area contributed by atoms with Crippen molar-refractivity contribution >= 4 is 21.2 Å². The Balaban J connectivity index is 3.21. The molecule has 0 aliphatic rings. The van der Waals surface area contributed by atoms with E-state index >= 15 is 0 Å². The fourth-order valence-electron chi connectivity index (χ4n) is 3.39. The molecule has 0 amide bonds. The minimum Gasteiger partial charge on any atom is -0.508 e. The van der Waals surface area contributed by atoms with Crippen LogP contribution in [0.2, 0.25) is 18.1 Å². The molecule has 1 N–H and O–H groups in total. The first-order chi connectivity index (χ1) is 13.8. The van der Waals surface area contributed by atoms with Crippen LogP contribution in [-0.2, 0) is 23.5 Å². The lowest BCUT2D eigenvalue weighted by Gasteiger charge is -2.37. The second-order valence-corrected chi connectivity index (χ2v) is 17.9. The summed E-state index contributed by atoms with van der Waals surface area (Å²) < 4.78 is 31.3. The van der Waals surface area contributed by atoms with E-state index in [9.17, 15) is 9.67 Å². The predicted octanol–water partition coefficient (Wildman–Crippen LogP) is 7.06. The molecule has 31 heavy (non-hydrogen) atoms. The quantitative estimate of drug-likeness (QED) is 0.292. The van der Waals surface area contributed by atoms with E-state index in [1.807, 2.05) is 40.7 Å². The van der Waals surface area contributed by atoms with Crippen LogP contribution in [0.5, 0.6) is 5.75 Å². The van der Waals surface area contributed by atoms with Gasteiger partial charge in [-0.25, -0.2) is 0 Å². The van der Waals surface area contributed by atoms with Crippen LogP contribution in [0.3, 0.4) is 0 Å². The Labute approximate surface area is 191 Å². The van der Waals surface area contributed by atoms with Gasteiger partial charge in [0.15, 0.2) is 8.32 Å². The van der Waals surface area contributed by atoms with E-state index in [-0.39, 0.29) is 28.4 Å². The van der Waals surface area contributed by atoms with Gasteiger partial charge in [0.25, 0.3) is 0 Å². The highest BCUT2D eigenvalue weighted by atomic mass is 31.2. The van der Waals surface area contributed by atoms with E-state index < -0.39 is 15.9 Å². The maximum Gasteiger partial charge on any atom is 0.361 e. The highest BCUT2D eigenvalue weighted by Crippen LogP contribution is 2.51. The Morgan fingerprint density at radius 2 is 1.48 bits per heavy atom. The zero-order valence-corrected chi connectivity index (χ0v) is 23.6. The molecule has 0 aliphatic heterocycles. The van der Waals surface area contributed by atoms with Crippen molar-refractivity contribution < 1.29 is 23.1 Å². The van der Waals surface area contributed by atoms with E-state index in [0.29, 0.717) is 11.9 Å². The number of hydrogen-bond acceptors (Lipinski definition) is 5. The predicted molar refractivity (Wildman–Crippen MR) is 133 cm³/mol. The molecule has 7 heteroatoms. The van der Waals surface area contributed by atoms with Gasteiger partial charge in [-0.3, -0.25) is 4.57 Å². The van der Waals surface area contributed by atoms with Crippen LogP contribution in [0.4, 0.5) is 0 Å². The molecule has 0 aliphatic carbocycles. The number of phenolic OH excluding ortho intramolecular Hbond substituents is 1. The van der Waals surface area contributed by atoms with E-state index in [0.717, 1.165) is 17.5 Å². The fourth-order valence-corrected chi connectivity index (χ4v) is 6.47. The van der Waals surface area contributed by atoms with Gasteiger partial charge < -0.3 is 18.6 Å². The maximum absolute atomic E-state index is 13.5. The Hall–Kier alpha value is -0.653. The van der Waals surface area contributed by atoms with Crippen LogP contribution in [0.1, 0.15) is 79.9 Å². The second-order valence-electron chi connectivity index (χ2n) is 11.2. The normalized spacial score (nSPS) is 14.0. The summed E-state index contributed by atoms with van der Waals surface area (Å²) in [6, 6.07) is 3.38. The number of benzene rings is 1. The fraction of sp³-hybridized carbons (Fsp3) is 0.750. The summed E-state index contributed by atoms with van der Waals surface area (Å²) in [4.78, 5) is 0. The third-order valence-corrected chi connectivity index (χ3v) is 12.8. The van der Waals surface area contributed by atoms with Crippen molar-refractivity contribution in [1.29, 1.82) is 0 Å². The standard InChI is InChI=1S/C24H45O5PSi/c1-17(2)28-30(26,29-18(3)4)20-15-19(5)22(21(25)16-20)24(9,10)13-14-27-31(11,12)23(6,7)8/h15-18,25H,13-14H2,1-12H3. The molecule has 0 unspecified atom stereocenters. The molecule has 0 bridgehead atoms. The van der Waals surface area contributed by atoms with E-state index in [1.165, 1.54) is 0 Å². The van der Waals surface area contributed by atoms with Crippen LogP contribution in [0, 0.1) is 6.92 Å². The summed E-state index contributed by atoms with van der Waals surface area (Å²) in [6.45, 7) is 25.3. The van der Waals surface area contributed by atoms with Gasteiger partial charge in [0.2, 0.25) is 0 Å². The zero-order chi connectivity index (χ0) is 24.4. The number of rotatable bonds is 10. The minimum absolute atomic E-state index is 0.118. The summed E-state index contributed by atoms with van der Waals surface area (Å²) in [6.07, 6.45) is 0.238. The molecule has 5 nitrogen and oxygen atoms in total. The Bertz CT molecular complexity index is 757. The summed E-state index contributed by atoms with van der Waals surface area (Å²) in [5.41, 5.74) is 1.40. The lowest BCUT2D eigenvalue weighted by atomic mass is 9.79. The average molecular weight is 473 g/mol. The van der Waals surface area contributed by atoms with Crippen molar-refractivity contribution in [3.05, 3.63) is 23.3 Å². The van der Waals surface area contributed by atoms with Gasteiger partial charge in [-0.15, -0.1) is 0 Å². The van der Waals surface area contributed by atoms with Crippen molar-refractivity contribution in [3.8, 4) is 5.75 Å². The molecule has 0 atom stereocenters. The molecular formula is C24H45O5PSi. The van der Waals surface area contributed by atoms with Gasteiger partial charge in [0, 0.05) is 12.2 Å². The molecule has 1 aromatic rings. The first-order valence-corrected chi connectivity index (χ1v) is 15.7. The van der Waals surface area contributed by atoms with Gasteiger partial charge >= 0.3 is 7.60 Å². The van der Waals surface area contributed by atoms with Gasteiger partial charge in [-0.1, -0.05) is 34.6 Å². The number of aryl methyl sites for hydroxylation is 1. The van der Waals surface area contributed by atoms with E-state index in [4.69, 9.17) is 13.5 Å². The van der Waals surface area contributed by atoms with Crippen molar-refractivity contribution in [3.63, 3.8) is 0 Å². The molecule has 0 heterocycles. The molecule has 1 aromatic carbocycles. The first-order valence-electron chi connectivity index (χ1n) is 11.3. The molecular weight excluding hydrogens is 427 g/mol. The SMILES string of the molecule is Cc1cc(P(=O)(OC(C)C)OC(C)C)cc(O)c1C(C)(C)CCO[Si](C)(C)C(C)(C)C. The van der Waals surface area contributed by atoms with Crippen LogP contribution < -0.4 is 5.30 Å². The third kappa shape index (κ3) is 7.43. The molecule has 0 saturated carbocycles. The van der Waals surface area contributed by atoms with Gasteiger partial charge in [0.1, 0.15) is 5.75 Å². The molecule has 180 valence electrons. The minimum atomic E-state index is -3.55. The number of phenols is 1. The molecule has 1 rings (SSSR count). The van der Waals surface area contributed by atoms with Gasteiger partial charge in [-0.05, 0) is 82.3 Å². The highest BCUT2D eigenvalue weighted by molar-refractivity contribution is 7.62. The Morgan fingerprint density at radius 1 is 1.00 bits per heavy atom. The van der Waals surface area contributed by atoms with Crippen LogP contribution >= 0.6 is 7.60 Å². The van der Waals surface area contributed by atoms with Gasteiger partial charge in [0.05, 0.1) is 17.5 Å². The van der Waals surface area contributed by atoms with E-state index in [1.54, 1.807) is 6.07 Å². The molecule has 0 fully saturated rings. The Kier molecular flexibility index (Phi) is 9.24. The monoisotopic (exact) mass is 472 g/mol. The first kappa shape index (κ1) is 28.4. The van der Waals surface area contributed by atoms with Crippen molar-refractivity contribution in [2.45, 2.75) is 111 Å². The second kappa shape index (κ2) is 10.1. The Morgan fingerprint density at radius 3 is 1.87 bits per heavy atom. The smallest absolute Gasteiger partial charge is 0.361 e. The molecule has 0 saturated heterocycles. The zero-order valence-electron chi connectivity index (χ0n) is 21.8. The van der Waals surface area contributed by atoms with Crippen molar-refractivity contribution in [2.75, 3.05) is 6.61 Å². The lowest BCUT2D eigenvalue weighted by molar-refractivity contribution is 0.150. The average Bonchev–Trinajstić information content (AvgIpc) is 2.50. The maximum atomic E-state index is 13.5. The van der Waals surface area contributed by atoms with Crippen molar-refractivity contribution in [1.82, 2.24) is 0 Å². The molecule has 0 radical (unpaired) electrons. The van der Waals surface area contributed by atoms with E-state index in [2.05, 4.69) is 47.7 Å². The number of hydrogen-bond donors (Lipinski definition) is 1. The largest absolute Gasteiger partial charge is 0.508 e. The van der Waals surface area contributed by atoms with Crippen LogP contribution in [0.25, 0.3) is 0 Å². The lowest BCUT2D eigenvalue weighted by Crippen LogP contribution is -2.41. The molecule has 0 aromatic heterocycles. The summed E-state index contributed by atoms with van der Waals surface area (Å²) in [7, 11) is -5.38. The highest BCUT2D eigenvalue weighted by Gasteiger charge is 2.38. The summed E-state index contributed by atoms with van der Waals surface area (Å²) in [5.74, 6) is 0.118. The summed E-state index contributed by atoms with van der Waals surface area (Å²) in [5, 5.41) is 11.5. The van der Waals surface area contributed by atoms with Crippen molar-refractivity contribution in [2.24, 2.45) is 0 Å². The topological polar surface area (TPSA) is 65.0 Å². The number of aromatic hydroxyl groups is 1. The van der Waals surface area contributed by atoms with Crippen LogP contribution in [0.15, 0.2) is 12.1 Å². The summed E-state index contributed by atoms with van der Waals surface area (Å²) >= 11 is 0. The molecule has 0 spiro atoms.